The van der Waals surface area contributed by atoms with E-state index in [1.54, 1.807) is 0 Å². The van der Waals surface area contributed by atoms with Crippen molar-refractivity contribution in [3.05, 3.63) is 35.4 Å². The minimum atomic E-state index is -3.38. The lowest BCUT2D eigenvalue weighted by atomic mass is 10.1. The molecule has 0 bridgehead atoms. The van der Waals surface area contributed by atoms with Crippen LogP contribution in [0.4, 0.5) is 0 Å². The zero-order valence-electron chi connectivity index (χ0n) is 9.64. The Labute approximate surface area is 107 Å². The summed E-state index contributed by atoms with van der Waals surface area (Å²) in [7, 11) is -3.38. The molecule has 0 aliphatic carbocycles. The van der Waals surface area contributed by atoms with E-state index in [2.05, 4.69) is 16.9 Å². The molecule has 0 aliphatic heterocycles. The van der Waals surface area contributed by atoms with Crippen LogP contribution in [0.1, 0.15) is 11.1 Å². The van der Waals surface area contributed by atoms with Crippen LogP contribution in [-0.2, 0) is 16.4 Å². The zero-order chi connectivity index (χ0) is 12.9. The van der Waals surface area contributed by atoms with Crippen LogP contribution in [0.2, 0.25) is 0 Å². The molecule has 1 rings (SSSR count). The summed E-state index contributed by atoms with van der Waals surface area (Å²) in [6.07, 6.45) is 0.656. The van der Waals surface area contributed by atoms with Crippen molar-refractivity contribution in [2.45, 2.75) is 13.3 Å². The summed E-state index contributed by atoms with van der Waals surface area (Å²) in [5.41, 5.74) is 7.48. The van der Waals surface area contributed by atoms with Crippen LogP contribution in [0.5, 0.6) is 0 Å². The molecule has 0 radical (unpaired) electrons. The number of nitrogens with two attached hydrogens (primary N) is 1. The Morgan fingerprint density at radius 2 is 2.06 bits per heavy atom. The molecule has 6 heteroatoms. The number of aryl methyl sites for hydroxylation is 1. The minimum absolute atomic E-state index is 0.0200. The third-order valence-electron chi connectivity index (χ3n) is 2.31. The average Bonchev–Trinajstić information content (AvgIpc) is 2.18. The summed E-state index contributed by atoms with van der Waals surface area (Å²) in [6.45, 7) is 2.36. The van der Waals surface area contributed by atoms with Crippen molar-refractivity contribution < 1.29 is 8.42 Å². The third kappa shape index (κ3) is 5.25. The number of hydrogen-bond donors (Lipinski definition) is 2. The van der Waals surface area contributed by atoms with Gasteiger partial charge in [0.25, 0.3) is 0 Å². The molecular weight excluding hydrogens is 256 g/mol. The molecule has 94 valence electrons. The quantitative estimate of drug-likeness (QED) is 0.749. The van der Waals surface area contributed by atoms with Gasteiger partial charge in [0.2, 0.25) is 10.0 Å². The molecule has 4 nitrogen and oxygen atoms in total. The maximum atomic E-state index is 11.4. The summed E-state index contributed by atoms with van der Waals surface area (Å²) in [6, 6.07) is 7.87. The van der Waals surface area contributed by atoms with Crippen LogP contribution in [0.15, 0.2) is 24.3 Å². The lowest BCUT2D eigenvalue weighted by molar-refractivity contribution is 0.585. The topological polar surface area (TPSA) is 72.2 Å². The first-order valence-electron chi connectivity index (χ1n) is 5.21. The van der Waals surface area contributed by atoms with E-state index in [1.165, 1.54) is 0 Å². The lowest BCUT2D eigenvalue weighted by Gasteiger charge is -2.07. The van der Waals surface area contributed by atoms with Crippen molar-refractivity contribution in [1.29, 1.82) is 0 Å². The highest BCUT2D eigenvalue weighted by Crippen LogP contribution is 2.06. The Morgan fingerprint density at radius 3 is 2.65 bits per heavy atom. The first-order chi connectivity index (χ1) is 7.91. The minimum Gasteiger partial charge on any atom is -0.392 e. The van der Waals surface area contributed by atoms with Crippen molar-refractivity contribution >= 4 is 27.2 Å². The van der Waals surface area contributed by atoms with Gasteiger partial charge in [-0.05, 0) is 24.5 Å². The Kier molecular flexibility index (Phi) is 5.04. The van der Waals surface area contributed by atoms with E-state index in [1.807, 2.05) is 31.2 Å². The maximum Gasteiger partial charge on any atom is 0.218 e. The van der Waals surface area contributed by atoms with Gasteiger partial charge in [0, 0.05) is 6.54 Å². The van der Waals surface area contributed by atoms with Gasteiger partial charge in [-0.1, -0.05) is 36.5 Å². The monoisotopic (exact) mass is 272 g/mol. The number of thiocarbonyl (C=S) groups is 1. The van der Waals surface area contributed by atoms with Crippen molar-refractivity contribution in [3.63, 3.8) is 0 Å². The highest BCUT2D eigenvalue weighted by Gasteiger charge is 2.10. The van der Waals surface area contributed by atoms with Gasteiger partial charge in [0.1, 0.15) is 5.75 Å². The molecule has 0 unspecified atom stereocenters. The van der Waals surface area contributed by atoms with Gasteiger partial charge >= 0.3 is 0 Å². The Hall–Kier alpha value is -0.980. The normalized spacial score (nSPS) is 11.4. The van der Waals surface area contributed by atoms with E-state index >= 15 is 0 Å². The molecule has 0 saturated carbocycles. The van der Waals surface area contributed by atoms with E-state index in [0.29, 0.717) is 13.0 Å². The van der Waals surface area contributed by atoms with E-state index in [4.69, 9.17) is 5.73 Å². The van der Waals surface area contributed by atoms with Crippen molar-refractivity contribution in [2.75, 3.05) is 12.3 Å². The summed E-state index contributed by atoms with van der Waals surface area (Å²) in [4.78, 5) is -0.0200. The fourth-order valence-electron chi connectivity index (χ4n) is 1.47. The molecule has 0 fully saturated rings. The first kappa shape index (κ1) is 14.1. The summed E-state index contributed by atoms with van der Waals surface area (Å²) < 4.78 is 25.3. The van der Waals surface area contributed by atoms with Crippen LogP contribution in [0.3, 0.4) is 0 Å². The molecule has 1 aromatic carbocycles. The van der Waals surface area contributed by atoms with Crippen molar-refractivity contribution in [1.82, 2.24) is 4.72 Å². The second-order valence-corrected chi connectivity index (χ2v) is 6.13. The third-order valence-corrected chi connectivity index (χ3v) is 3.97. The molecule has 0 saturated heterocycles. The SMILES string of the molecule is Cc1ccccc1CCNS(=O)(=O)CC(N)=S. The molecule has 1 aromatic rings. The van der Waals surface area contributed by atoms with E-state index < -0.39 is 10.0 Å². The molecule has 0 spiro atoms. The van der Waals surface area contributed by atoms with Gasteiger partial charge in [-0.25, -0.2) is 13.1 Å². The lowest BCUT2D eigenvalue weighted by Crippen LogP contribution is -2.33. The Bertz CT molecular complexity index is 498. The average molecular weight is 272 g/mol. The highest BCUT2D eigenvalue weighted by molar-refractivity contribution is 7.92. The summed E-state index contributed by atoms with van der Waals surface area (Å²) >= 11 is 4.57. The van der Waals surface area contributed by atoms with Crippen LogP contribution < -0.4 is 10.5 Å². The van der Waals surface area contributed by atoms with Crippen molar-refractivity contribution in [2.24, 2.45) is 5.73 Å². The van der Waals surface area contributed by atoms with Crippen LogP contribution in [0.25, 0.3) is 0 Å². The Morgan fingerprint density at radius 1 is 1.41 bits per heavy atom. The number of rotatable bonds is 6. The number of sulfonamides is 1. The molecule has 17 heavy (non-hydrogen) atoms. The first-order valence-corrected chi connectivity index (χ1v) is 7.27. The van der Waals surface area contributed by atoms with Gasteiger partial charge in [-0.2, -0.15) is 0 Å². The highest BCUT2D eigenvalue weighted by atomic mass is 32.2. The van der Waals surface area contributed by atoms with Gasteiger partial charge in [-0.15, -0.1) is 0 Å². The standard InChI is InChI=1S/C11H16N2O2S2/c1-9-4-2-3-5-10(9)6-7-13-17(14,15)8-11(12)16/h2-5,13H,6-8H2,1H3,(H2,12,16). The Balaban J connectivity index is 2.48. The van der Waals surface area contributed by atoms with Gasteiger partial charge in [-0.3, -0.25) is 0 Å². The molecule has 3 N–H and O–H groups in total. The largest absolute Gasteiger partial charge is 0.392 e. The fourth-order valence-corrected chi connectivity index (χ4v) is 2.83. The second-order valence-electron chi connectivity index (χ2n) is 3.80. The maximum absolute atomic E-state index is 11.4. The molecular formula is C11H16N2O2S2. The van der Waals surface area contributed by atoms with Gasteiger partial charge in [0.15, 0.2) is 0 Å². The predicted octanol–water partition coefficient (Wildman–Crippen LogP) is 0.743. The number of hydrogen-bond acceptors (Lipinski definition) is 3. The fraction of sp³-hybridized carbons (Fsp3) is 0.364. The van der Waals surface area contributed by atoms with Gasteiger partial charge in [0.05, 0.1) is 4.99 Å². The molecule has 0 amide bonds. The van der Waals surface area contributed by atoms with Crippen molar-refractivity contribution in [3.8, 4) is 0 Å². The van der Waals surface area contributed by atoms with Crippen LogP contribution in [0, 0.1) is 6.92 Å². The zero-order valence-corrected chi connectivity index (χ0v) is 11.3. The summed E-state index contributed by atoms with van der Waals surface area (Å²) in [5.74, 6) is -0.296. The molecule has 0 atom stereocenters. The van der Waals surface area contributed by atoms with Gasteiger partial charge < -0.3 is 5.73 Å². The predicted molar refractivity (Wildman–Crippen MR) is 73.5 cm³/mol. The molecule has 0 heterocycles. The number of nitrogens with one attached hydrogen (secondary N) is 1. The van der Waals surface area contributed by atoms with E-state index in [9.17, 15) is 8.42 Å². The second kappa shape index (κ2) is 6.09. The smallest absolute Gasteiger partial charge is 0.218 e. The molecule has 0 aliphatic rings. The van der Waals surface area contributed by atoms with Crippen LogP contribution in [-0.4, -0.2) is 25.7 Å². The van der Waals surface area contributed by atoms with Crippen LogP contribution >= 0.6 is 12.2 Å². The van der Waals surface area contributed by atoms with E-state index in [-0.39, 0.29) is 10.7 Å². The summed E-state index contributed by atoms with van der Waals surface area (Å²) in [5, 5.41) is 0. The van der Waals surface area contributed by atoms with E-state index in [0.717, 1.165) is 11.1 Å². The number of benzene rings is 1. The molecule has 0 aromatic heterocycles.